The molecule has 0 aliphatic heterocycles. The van der Waals surface area contributed by atoms with Gasteiger partial charge in [0.1, 0.15) is 5.82 Å². The van der Waals surface area contributed by atoms with Crippen molar-refractivity contribution in [1.82, 2.24) is 0 Å². The zero-order valence-electron chi connectivity index (χ0n) is 7.26. The minimum Gasteiger partial charge on any atom is -0.391 e. The molecule has 0 amide bonds. The number of aliphatic hydroxyl groups excluding tert-OH is 1. The van der Waals surface area contributed by atoms with Crippen LogP contribution in [0.3, 0.4) is 0 Å². The van der Waals surface area contributed by atoms with Crippen LogP contribution in [0, 0.1) is 5.82 Å². The van der Waals surface area contributed by atoms with E-state index in [1.807, 2.05) is 6.07 Å². The van der Waals surface area contributed by atoms with E-state index in [9.17, 15) is 4.39 Å². The minimum absolute atomic E-state index is 0.0166. The van der Waals surface area contributed by atoms with Gasteiger partial charge in [0.25, 0.3) is 0 Å². The number of thiophene rings is 1. The highest BCUT2D eigenvalue weighted by Crippen LogP contribution is 2.31. The van der Waals surface area contributed by atoms with Gasteiger partial charge in [0.2, 0.25) is 0 Å². The number of aliphatic hydroxyl groups is 1. The predicted molar refractivity (Wildman–Crippen MR) is 60.3 cm³/mol. The van der Waals surface area contributed by atoms with Crippen molar-refractivity contribution in [2.75, 3.05) is 0 Å². The summed E-state index contributed by atoms with van der Waals surface area (Å²) in [5, 5.41) is 10.5. The number of benzene rings is 1. The van der Waals surface area contributed by atoms with E-state index in [4.69, 9.17) is 5.11 Å². The van der Waals surface area contributed by atoms with Gasteiger partial charge in [0, 0.05) is 20.5 Å². The quantitative estimate of drug-likeness (QED) is 0.832. The Bertz CT molecular complexity index is 466. The third-order valence-corrected chi connectivity index (χ3v) is 3.83. The first-order valence-corrected chi connectivity index (χ1v) is 6.06. The van der Waals surface area contributed by atoms with Gasteiger partial charge in [-0.3, -0.25) is 0 Å². The number of hydrogen-bond donors (Lipinski definition) is 1. The second kappa shape index (κ2) is 3.96. The van der Waals surface area contributed by atoms with Crippen molar-refractivity contribution >= 4 is 37.4 Å². The number of rotatable bonds is 2. The van der Waals surface area contributed by atoms with Crippen molar-refractivity contribution < 1.29 is 9.50 Å². The fourth-order valence-electron chi connectivity index (χ4n) is 1.39. The molecular formula is C10H8BrFOS. The van der Waals surface area contributed by atoms with Crippen LogP contribution in [0.15, 0.2) is 18.2 Å². The molecule has 0 atom stereocenters. The topological polar surface area (TPSA) is 20.2 Å². The summed E-state index contributed by atoms with van der Waals surface area (Å²) in [5.41, 5.74) is 0.673. The highest BCUT2D eigenvalue weighted by atomic mass is 79.9. The zero-order valence-corrected chi connectivity index (χ0v) is 9.66. The monoisotopic (exact) mass is 274 g/mol. The van der Waals surface area contributed by atoms with Gasteiger partial charge in [-0.25, -0.2) is 4.39 Å². The average Bonchev–Trinajstić information content (AvgIpc) is 2.60. The summed E-state index contributed by atoms with van der Waals surface area (Å²) in [7, 11) is 0. The fraction of sp³-hybridized carbons (Fsp3) is 0.200. The summed E-state index contributed by atoms with van der Waals surface area (Å²) in [6.07, 6.45) is 0. The van der Waals surface area contributed by atoms with Crippen LogP contribution < -0.4 is 0 Å². The normalized spacial score (nSPS) is 11.1. The van der Waals surface area contributed by atoms with E-state index >= 15 is 0 Å². The minimum atomic E-state index is -0.194. The van der Waals surface area contributed by atoms with Gasteiger partial charge in [0.05, 0.1) is 6.61 Å². The zero-order chi connectivity index (χ0) is 10.1. The molecular weight excluding hydrogens is 267 g/mol. The van der Waals surface area contributed by atoms with Gasteiger partial charge in [-0.15, -0.1) is 11.3 Å². The Morgan fingerprint density at radius 3 is 2.86 bits per heavy atom. The molecule has 0 aliphatic carbocycles. The van der Waals surface area contributed by atoms with Crippen LogP contribution in [0.25, 0.3) is 10.1 Å². The fourth-order valence-corrected chi connectivity index (χ4v) is 3.18. The molecule has 4 heteroatoms. The molecule has 14 heavy (non-hydrogen) atoms. The van der Waals surface area contributed by atoms with Crippen molar-refractivity contribution in [2.45, 2.75) is 11.9 Å². The number of halogens is 2. The molecule has 0 bridgehead atoms. The summed E-state index contributed by atoms with van der Waals surface area (Å²) in [5.74, 6) is -0.194. The Hall–Kier alpha value is -0.450. The molecule has 1 nitrogen and oxygen atoms in total. The maximum absolute atomic E-state index is 13.3. The van der Waals surface area contributed by atoms with Gasteiger partial charge < -0.3 is 5.11 Å². The molecule has 0 fully saturated rings. The molecule has 2 aromatic rings. The van der Waals surface area contributed by atoms with Crippen LogP contribution in [0.5, 0.6) is 0 Å². The first-order valence-electron chi connectivity index (χ1n) is 4.13. The van der Waals surface area contributed by atoms with Gasteiger partial charge in [-0.2, -0.15) is 0 Å². The summed E-state index contributed by atoms with van der Waals surface area (Å²) in [4.78, 5) is 0.868. The van der Waals surface area contributed by atoms with E-state index < -0.39 is 0 Å². The second-order valence-electron chi connectivity index (χ2n) is 2.95. The van der Waals surface area contributed by atoms with E-state index in [0.717, 1.165) is 15.0 Å². The van der Waals surface area contributed by atoms with Gasteiger partial charge >= 0.3 is 0 Å². The molecule has 1 heterocycles. The van der Waals surface area contributed by atoms with E-state index in [1.165, 1.54) is 17.4 Å². The molecule has 1 N–H and O–H groups in total. The summed E-state index contributed by atoms with van der Waals surface area (Å²) < 4.78 is 14.3. The van der Waals surface area contributed by atoms with Crippen molar-refractivity contribution in [3.05, 3.63) is 34.5 Å². The molecule has 1 aromatic carbocycles. The van der Waals surface area contributed by atoms with Crippen LogP contribution in [-0.2, 0) is 11.9 Å². The maximum Gasteiger partial charge on any atom is 0.128 e. The molecule has 0 saturated carbocycles. The second-order valence-corrected chi connectivity index (χ2v) is 4.65. The Labute approximate surface area is 93.3 Å². The molecule has 0 spiro atoms. The van der Waals surface area contributed by atoms with Crippen LogP contribution in [0.2, 0.25) is 0 Å². The molecule has 0 unspecified atom stereocenters. The highest BCUT2D eigenvalue weighted by Gasteiger charge is 2.09. The third kappa shape index (κ3) is 1.58. The molecule has 74 valence electrons. The summed E-state index contributed by atoms with van der Waals surface area (Å²) >= 11 is 4.71. The number of fused-ring (bicyclic) bond motifs is 1. The SMILES string of the molecule is OCc1cc2ccc(F)c(CBr)c2s1. The first-order chi connectivity index (χ1) is 6.76. The largest absolute Gasteiger partial charge is 0.391 e. The van der Waals surface area contributed by atoms with Crippen LogP contribution in [-0.4, -0.2) is 5.11 Å². The third-order valence-electron chi connectivity index (χ3n) is 2.07. The lowest BCUT2D eigenvalue weighted by Crippen LogP contribution is -1.84. The lowest BCUT2D eigenvalue weighted by atomic mass is 10.2. The standard InChI is InChI=1S/C10H8BrFOS/c11-4-8-9(12)2-1-6-3-7(5-13)14-10(6)8/h1-3,13H,4-5H2. The summed E-state index contributed by atoms with van der Waals surface area (Å²) in [6.45, 7) is 0.0166. The van der Waals surface area contributed by atoms with Gasteiger partial charge in [-0.1, -0.05) is 22.0 Å². The van der Waals surface area contributed by atoms with E-state index in [0.29, 0.717) is 10.9 Å². The molecule has 1 aromatic heterocycles. The maximum atomic E-state index is 13.3. The van der Waals surface area contributed by atoms with Crippen LogP contribution in [0.1, 0.15) is 10.4 Å². The lowest BCUT2D eigenvalue weighted by molar-refractivity contribution is 0.285. The Morgan fingerprint density at radius 2 is 2.21 bits per heavy atom. The Morgan fingerprint density at radius 1 is 1.43 bits per heavy atom. The van der Waals surface area contributed by atoms with Crippen molar-refractivity contribution in [3.8, 4) is 0 Å². The molecule has 2 rings (SSSR count). The smallest absolute Gasteiger partial charge is 0.128 e. The number of hydrogen-bond acceptors (Lipinski definition) is 2. The van der Waals surface area contributed by atoms with Crippen LogP contribution in [0.4, 0.5) is 4.39 Å². The molecule has 0 saturated heterocycles. The predicted octanol–water partition coefficient (Wildman–Crippen LogP) is 3.43. The molecule has 0 aliphatic rings. The van der Waals surface area contributed by atoms with Crippen molar-refractivity contribution in [1.29, 1.82) is 0 Å². The van der Waals surface area contributed by atoms with E-state index in [-0.39, 0.29) is 12.4 Å². The van der Waals surface area contributed by atoms with E-state index in [2.05, 4.69) is 15.9 Å². The summed E-state index contributed by atoms with van der Waals surface area (Å²) in [6, 6.07) is 5.10. The Balaban J connectivity index is 2.73. The Kier molecular flexibility index (Phi) is 2.85. The number of alkyl halides is 1. The van der Waals surface area contributed by atoms with Gasteiger partial charge in [-0.05, 0) is 17.5 Å². The van der Waals surface area contributed by atoms with E-state index in [1.54, 1.807) is 6.07 Å². The van der Waals surface area contributed by atoms with Gasteiger partial charge in [0.15, 0.2) is 0 Å². The average molecular weight is 275 g/mol. The molecule has 0 radical (unpaired) electrons. The van der Waals surface area contributed by atoms with Crippen LogP contribution >= 0.6 is 27.3 Å². The lowest BCUT2D eigenvalue weighted by Gasteiger charge is -1.99. The highest BCUT2D eigenvalue weighted by molar-refractivity contribution is 9.08. The van der Waals surface area contributed by atoms with Crippen molar-refractivity contribution in [2.24, 2.45) is 0 Å². The first kappa shape index (κ1) is 10.1. The van der Waals surface area contributed by atoms with Crippen molar-refractivity contribution in [3.63, 3.8) is 0 Å².